The van der Waals surface area contributed by atoms with Crippen molar-refractivity contribution in [2.75, 3.05) is 31.9 Å². The molecule has 1 atom stereocenters. The summed E-state index contributed by atoms with van der Waals surface area (Å²) in [6.07, 6.45) is 7.65. The van der Waals surface area contributed by atoms with Gasteiger partial charge in [0.1, 0.15) is 6.04 Å². The van der Waals surface area contributed by atoms with Crippen LogP contribution in [0.5, 0.6) is 0 Å². The van der Waals surface area contributed by atoms with Crippen molar-refractivity contribution < 1.29 is 13.2 Å². The summed E-state index contributed by atoms with van der Waals surface area (Å²) in [6.45, 7) is 5.11. The van der Waals surface area contributed by atoms with E-state index in [1.807, 2.05) is 11.8 Å². The maximum absolute atomic E-state index is 12.9. The van der Waals surface area contributed by atoms with E-state index in [1.54, 1.807) is 0 Å². The number of halogens is 1. The lowest BCUT2D eigenvalue weighted by Crippen LogP contribution is -2.52. The third-order valence-corrected chi connectivity index (χ3v) is 7.76. The summed E-state index contributed by atoms with van der Waals surface area (Å²) < 4.78 is 26.6. The van der Waals surface area contributed by atoms with Gasteiger partial charge in [0.05, 0.1) is 5.75 Å². The molecule has 152 valence electrons. The number of carbonyl (C=O) groups excluding carboxylic acids is 1. The van der Waals surface area contributed by atoms with Crippen LogP contribution in [0.2, 0.25) is 0 Å². The minimum atomic E-state index is -3.30. The standard InChI is InChI=1S/C18H33N3O3S.ClH/c1-2-3-13-25(23,24)21-10-4-5-17(21)18(22)20-11-8-16(9-12-20)19-14-15-6-7-15;/h15-17,19H,2-14H2,1H3;1H. The summed E-state index contributed by atoms with van der Waals surface area (Å²) in [7, 11) is -3.30. The highest BCUT2D eigenvalue weighted by molar-refractivity contribution is 7.89. The van der Waals surface area contributed by atoms with E-state index in [-0.39, 0.29) is 24.1 Å². The number of likely N-dealkylation sites (tertiary alicyclic amines) is 1. The van der Waals surface area contributed by atoms with Crippen LogP contribution in [0, 0.1) is 5.92 Å². The summed E-state index contributed by atoms with van der Waals surface area (Å²) in [5.74, 6) is 1.07. The first-order valence-corrected chi connectivity index (χ1v) is 11.6. The smallest absolute Gasteiger partial charge is 0.241 e. The predicted molar refractivity (Wildman–Crippen MR) is 106 cm³/mol. The molecule has 1 unspecified atom stereocenters. The molecule has 6 nitrogen and oxygen atoms in total. The largest absolute Gasteiger partial charge is 0.341 e. The molecule has 1 saturated carbocycles. The zero-order valence-electron chi connectivity index (χ0n) is 15.9. The van der Waals surface area contributed by atoms with Gasteiger partial charge in [0.25, 0.3) is 0 Å². The van der Waals surface area contributed by atoms with Crippen LogP contribution in [0.4, 0.5) is 0 Å². The van der Waals surface area contributed by atoms with Crippen LogP contribution in [0.15, 0.2) is 0 Å². The van der Waals surface area contributed by atoms with E-state index in [0.29, 0.717) is 25.4 Å². The highest BCUT2D eigenvalue weighted by atomic mass is 35.5. The van der Waals surface area contributed by atoms with Crippen molar-refractivity contribution in [1.82, 2.24) is 14.5 Å². The lowest BCUT2D eigenvalue weighted by Gasteiger charge is -2.35. The summed E-state index contributed by atoms with van der Waals surface area (Å²) in [6, 6.07) is 0.0513. The maximum atomic E-state index is 12.9. The highest BCUT2D eigenvalue weighted by Crippen LogP contribution is 2.28. The Morgan fingerprint density at radius 3 is 2.38 bits per heavy atom. The number of piperidine rings is 1. The van der Waals surface area contributed by atoms with E-state index in [9.17, 15) is 13.2 Å². The molecule has 8 heteroatoms. The molecular weight excluding hydrogens is 374 g/mol. The van der Waals surface area contributed by atoms with Crippen LogP contribution in [0.3, 0.4) is 0 Å². The molecule has 1 aliphatic carbocycles. The van der Waals surface area contributed by atoms with Crippen LogP contribution in [0.1, 0.15) is 58.3 Å². The second-order valence-corrected chi connectivity index (χ2v) is 9.93. The fraction of sp³-hybridized carbons (Fsp3) is 0.944. The normalized spacial score (nSPS) is 25.3. The molecule has 0 bridgehead atoms. The van der Waals surface area contributed by atoms with Gasteiger partial charge in [-0.15, -0.1) is 12.4 Å². The van der Waals surface area contributed by atoms with Crippen molar-refractivity contribution in [2.45, 2.75) is 70.4 Å². The van der Waals surface area contributed by atoms with Gasteiger partial charge in [-0.05, 0) is 57.4 Å². The van der Waals surface area contributed by atoms with Gasteiger partial charge < -0.3 is 10.2 Å². The Balaban J connectivity index is 0.00000243. The number of carbonyl (C=O) groups is 1. The summed E-state index contributed by atoms with van der Waals surface area (Å²) in [5.41, 5.74) is 0. The Morgan fingerprint density at radius 2 is 1.77 bits per heavy atom. The van der Waals surface area contributed by atoms with Gasteiger partial charge in [-0.2, -0.15) is 4.31 Å². The van der Waals surface area contributed by atoms with Gasteiger partial charge in [-0.25, -0.2) is 8.42 Å². The first kappa shape index (κ1) is 21.9. The molecule has 1 amide bonds. The van der Waals surface area contributed by atoms with Crippen LogP contribution in [-0.2, 0) is 14.8 Å². The Labute approximate surface area is 164 Å². The zero-order chi connectivity index (χ0) is 17.9. The molecule has 2 aliphatic heterocycles. The van der Waals surface area contributed by atoms with Gasteiger partial charge in [0.15, 0.2) is 0 Å². The SMILES string of the molecule is CCCCS(=O)(=O)N1CCCC1C(=O)N1CCC(NCC2CC2)CC1.Cl. The number of nitrogens with one attached hydrogen (secondary N) is 1. The number of amides is 1. The number of unbranched alkanes of at least 4 members (excludes halogenated alkanes) is 1. The molecule has 0 aromatic rings. The molecule has 0 aromatic carbocycles. The van der Waals surface area contributed by atoms with E-state index in [4.69, 9.17) is 0 Å². The molecule has 3 aliphatic rings. The second kappa shape index (κ2) is 9.71. The summed E-state index contributed by atoms with van der Waals surface area (Å²) in [4.78, 5) is 14.8. The predicted octanol–water partition coefficient (Wildman–Crippen LogP) is 1.99. The molecule has 2 saturated heterocycles. The quantitative estimate of drug-likeness (QED) is 0.668. The topological polar surface area (TPSA) is 69.7 Å². The first-order chi connectivity index (χ1) is 12.0. The van der Waals surface area contributed by atoms with Gasteiger partial charge in [0.2, 0.25) is 15.9 Å². The Kier molecular flexibility index (Phi) is 8.19. The number of hydrogen-bond acceptors (Lipinski definition) is 4. The Bertz CT molecular complexity index is 560. The van der Waals surface area contributed by atoms with Crippen LogP contribution >= 0.6 is 12.4 Å². The molecular formula is C18H34ClN3O3S. The number of nitrogens with zero attached hydrogens (tertiary/aromatic N) is 2. The maximum Gasteiger partial charge on any atom is 0.241 e. The second-order valence-electron chi connectivity index (χ2n) is 7.89. The molecule has 3 fully saturated rings. The van der Waals surface area contributed by atoms with Crippen molar-refractivity contribution in [3.63, 3.8) is 0 Å². The molecule has 0 spiro atoms. The first-order valence-electron chi connectivity index (χ1n) is 10.0. The summed E-state index contributed by atoms with van der Waals surface area (Å²) in [5, 5.41) is 3.62. The minimum Gasteiger partial charge on any atom is -0.341 e. The van der Waals surface area contributed by atoms with Gasteiger partial charge in [-0.1, -0.05) is 13.3 Å². The molecule has 0 aromatic heterocycles. The Hall–Kier alpha value is -0.370. The molecule has 2 heterocycles. The van der Waals surface area contributed by atoms with Crippen molar-refractivity contribution in [1.29, 1.82) is 0 Å². The van der Waals surface area contributed by atoms with Crippen molar-refractivity contribution in [2.24, 2.45) is 5.92 Å². The number of hydrogen-bond donors (Lipinski definition) is 1. The van der Waals surface area contributed by atoms with E-state index in [2.05, 4.69) is 5.32 Å². The summed E-state index contributed by atoms with van der Waals surface area (Å²) >= 11 is 0. The fourth-order valence-electron chi connectivity index (χ4n) is 3.93. The van der Waals surface area contributed by atoms with Crippen LogP contribution < -0.4 is 5.32 Å². The van der Waals surface area contributed by atoms with E-state index in [1.165, 1.54) is 17.1 Å². The van der Waals surface area contributed by atoms with Crippen molar-refractivity contribution >= 4 is 28.3 Å². The van der Waals surface area contributed by atoms with E-state index < -0.39 is 16.1 Å². The van der Waals surface area contributed by atoms with Gasteiger partial charge >= 0.3 is 0 Å². The average molecular weight is 408 g/mol. The van der Waals surface area contributed by atoms with Crippen molar-refractivity contribution in [3.05, 3.63) is 0 Å². The zero-order valence-corrected chi connectivity index (χ0v) is 17.5. The molecule has 1 N–H and O–H groups in total. The highest BCUT2D eigenvalue weighted by Gasteiger charge is 2.40. The monoisotopic (exact) mass is 407 g/mol. The van der Waals surface area contributed by atoms with Crippen LogP contribution in [-0.4, -0.2) is 67.5 Å². The minimum absolute atomic E-state index is 0. The third kappa shape index (κ3) is 5.57. The number of rotatable bonds is 8. The average Bonchev–Trinajstić information content (AvgIpc) is 3.31. The van der Waals surface area contributed by atoms with Crippen LogP contribution in [0.25, 0.3) is 0 Å². The lowest BCUT2D eigenvalue weighted by atomic mass is 10.0. The third-order valence-electron chi connectivity index (χ3n) is 5.80. The molecule has 0 radical (unpaired) electrons. The molecule has 3 rings (SSSR count). The molecule has 26 heavy (non-hydrogen) atoms. The van der Waals surface area contributed by atoms with E-state index in [0.717, 1.165) is 51.2 Å². The number of sulfonamides is 1. The fourth-order valence-corrected chi connectivity index (χ4v) is 5.81. The lowest BCUT2D eigenvalue weighted by molar-refractivity contribution is -0.135. The van der Waals surface area contributed by atoms with Crippen molar-refractivity contribution in [3.8, 4) is 0 Å². The van der Waals surface area contributed by atoms with Gasteiger partial charge in [-0.3, -0.25) is 4.79 Å². The van der Waals surface area contributed by atoms with E-state index >= 15 is 0 Å². The van der Waals surface area contributed by atoms with Gasteiger partial charge in [0, 0.05) is 25.7 Å². The Morgan fingerprint density at radius 1 is 1.08 bits per heavy atom.